The van der Waals surface area contributed by atoms with Crippen molar-refractivity contribution >= 4 is 5.65 Å². The first-order chi connectivity index (χ1) is 14.9. The van der Waals surface area contributed by atoms with Crippen molar-refractivity contribution in [3.63, 3.8) is 0 Å². The summed E-state index contributed by atoms with van der Waals surface area (Å²) in [4.78, 5) is 22.8. The molecule has 1 N–H and O–H groups in total. The molecule has 0 spiro atoms. The molecule has 0 aliphatic carbocycles. The minimum Gasteiger partial charge on any atom is -0.379 e. The van der Waals surface area contributed by atoms with Crippen molar-refractivity contribution in [2.45, 2.75) is 33.7 Å². The summed E-state index contributed by atoms with van der Waals surface area (Å²) in [5.41, 5.74) is 3.86. The fourth-order valence-electron chi connectivity index (χ4n) is 4.83. The molecule has 1 fully saturated rings. The minimum atomic E-state index is -0.0151. The lowest BCUT2D eigenvalue weighted by Crippen LogP contribution is -2.47. The summed E-state index contributed by atoms with van der Waals surface area (Å²) in [5, 5.41) is 7.17. The van der Waals surface area contributed by atoms with Crippen molar-refractivity contribution in [1.82, 2.24) is 29.6 Å². The third-order valence-electron chi connectivity index (χ3n) is 6.16. The number of aryl methyl sites for hydroxylation is 1. The van der Waals surface area contributed by atoms with Gasteiger partial charge in [0, 0.05) is 57.0 Å². The molecule has 0 unspecified atom stereocenters. The lowest BCUT2D eigenvalue weighted by molar-refractivity contribution is 0.0140. The maximum Gasteiger partial charge on any atom is 0.276 e. The van der Waals surface area contributed by atoms with Crippen LogP contribution in [0.15, 0.2) is 21.5 Å². The molecule has 2 aliphatic heterocycles. The first kappa shape index (κ1) is 20.4. The summed E-state index contributed by atoms with van der Waals surface area (Å²) in [7, 11) is 0. The van der Waals surface area contributed by atoms with E-state index in [2.05, 4.69) is 33.9 Å². The van der Waals surface area contributed by atoms with Crippen LogP contribution in [0, 0.1) is 12.3 Å². The number of nitrogens with one attached hydrogen (secondary N) is 1. The lowest BCUT2D eigenvalue weighted by atomic mass is 9.90. The smallest absolute Gasteiger partial charge is 0.276 e. The number of aromatic nitrogens is 4. The molecule has 31 heavy (non-hydrogen) atoms. The topological polar surface area (TPSA) is 91.9 Å². The van der Waals surface area contributed by atoms with Gasteiger partial charge in [-0.25, -0.2) is 9.50 Å². The molecule has 9 heteroatoms. The molecule has 5 heterocycles. The summed E-state index contributed by atoms with van der Waals surface area (Å²) in [5.74, 6) is 0.726. The zero-order valence-electron chi connectivity index (χ0n) is 18.5. The second kappa shape index (κ2) is 7.89. The van der Waals surface area contributed by atoms with E-state index in [9.17, 15) is 4.79 Å². The van der Waals surface area contributed by atoms with E-state index >= 15 is 0 Å². The quantitative estimate of drug-likeness (QED) is 0.664. The molecule has 2 aliphatic rings. The van der Waals surface area contributed by atoms with Gasteiger partial charge >= 0.3 is 0 Å². The molecular weight excluding hydrogens is 396 g/mol. The number of ether oxygens (including phenoxy) is 1. The molecule has 0 amide bonds. The van der Waals surface area contributed by atoms with Gasteiger partial charge in [-0.05, 0) is 18.8 Å². The number of morpholine rings is 1. The maximum absolute atomic E-state index is 13.1. The van der Waals surface area contributed by atoms with Crippen molar-refractivity contribution in [3.8, 4) is 11.4 Å². The van der Waals surface area contributed by atoms with Gasteiger partial charge in [0.15, 0.2) is 5.65 Å². The molecule has 0 aromatic carbocycles. The first-order valence-corrected chi connectivity index (χ1v) is 11.0. The van der Waals surface area contributed by atoms with E-state index in [0.717, 1.165) is 75.1 Å². The van der Waals surface area contributed by atoms with Crippen molar-refractivity contribution in [1.29, 1.82) is 0 Å². The van der Waals surface area contributed by atoms with Gasteiger partial charge in [-0.15, -0.1) is 0 Å². The third-order valence-corrected chi connectivity index (χ3v) is 6.16. The summed E-state index contributed by atoms with van der Waals surface area (Å²) >= 11 is 0. The lowest BCUT2D eigenvalue weighted by Gasteiger charge is -2.39. The number of hydrogen-bond acceptors (Lipinski definition) is 7. The van der Waals surface area contributed by atoms with Crippen LogP contribution in [0.5, 0.6) is 0 Å². The predicted octanol–water partition coefficient (Wildman–Crippen LogP) is 1.70. The van der Waals surface area contributed by atoms with Crippen LogP contribution in [0.4, 0.5) is 0 Å². The van der Waals surface area contributed by atoms with Gasteiger partial charge in [-0.3, -0.25) is 19.7 Å². The van der Waals surface area contributed by atoms with Crippen molar-refractivity contribution in [2.24, 2.45) is 5.41 Å². The van der Waals surface area contributed by atoms with E-state index in [-0.39, 0.29) is 11.0 Å². The van der Waals surface area contributed by atoms with E-state index in [1.807, 2.05) is 19.1 Å². The van der Waals surface area contributed by atoms with Gasteiger partial charge < -0.3 is 9.26 Å². The standard InChI is InChI=1S/C22H30N6O3/c1-15-10-18(25-31-15)17-11-20-23-19-12-27(5-4-16(19)21(29)28(20)24-17)14-22(2,3)13-26-6-8-30-9-7-26/h10-11,24H,4-9,12-14H2,1-3H3. The van der Waals surface area contributed by atoms with Gasteiger partial charge in [-0.2, -0.15) is 0 Å². The fourth-order valence-corrected chi connectivity index (χ4v) is 4.83. The molecule has 9 nitrogen and oxygen atoms in total. The summed E-state index contributed by atoms with van der Waals surface area (Å²) in [6, 6.07) is 3.70. The van der Waals surface area contributed by atoms with Gasteiger partial charge in [0.1, 0.15) is 11.5 Å². The zero-order valence-corrected chi connectivity index (χ0v) is 18.5. The van der Waals surface area contributed by atoms with Crippen LogP contribution in [-0.2, 0) is 17.7 Å². The molecule has 0 radical (unpaired) electrons. The monoisotopic (exact) mass is 426 g/mol. The number of aromatic amines is 1. The molecule has 1 saturated heterocycles. The Morgan fingerprint density at radius 2 is 1.90 bits per heavy atom. The largest absolute Gasteiger partial charge is 0.379 e. The van der Waals surface area contributed by atoms with Crippen LogP contribution in [0.2, 0.25) is 0 Å². The Kier molecular flexibility index (Phi) is 5.19. The highest BCUT2D eigenvalue weighted by atomic mass is 16.5. The van der Waals surface area contributed by atoms with Crippen LogP contribution in [0.3, 0.4) is 0 Å². The first-order valence-electron chi connectivity index (χ1n) is 11.0. The number of H-pyrrole nitrogens is 1. The predicted molar refractivity (Wildman–Crippen MR) is 116 cm³/mol. The highest BCUT2D eigenvalue weighted by Gasteiger charge is 2.29. The van der Waals surface area contributed by atoms with Crippen LogP contribution in [0.25, 0.3) is 17.0 Å². The molecule has 3 aromatic heterocycles. The van der Waals surface area contributed by atoms with E-state index in [4.69, 9.17) is 14.2 Å². The second-order valence-corrected chi connectivity index (χ2v) is 9.54. The van der Waals surface area contributed by atoms with E-state index in [1.165, 1.54) is 4.52 Å². The Morgan fingerprint density at radius 1 is 1.13 bits per heavy atom. The third kappa shape index (κ3) is 4.17. The average molecular weight is 427 g/mol. The van der Waals surface area contributed by atoms with Crippen molar-refractivity contribution < 1.29 is 9.26 Å². The zero-order chi connectivity index (χ0) is 21.6. The Morgan fingerprint density at radius 3 is 2.65 bits per heavy atom. The highest BCUT2D eigenvalue weighted by molar-refractivity contribution is 5.60. The molecule has 0 bridgehead atoms. The number of nitrogens with zero attached hydrogens (tertiary/aromatic N) is 5. The second-order valence-electron chi connectivity index (χ2n) is 9.54. The molecular formula is C22H30N6O3. The van der Waals surface area contributed by atoms with Crippen molar-refractivity contribution in [3.05, 3.63) is 39.5 Å². The van der Waals surface area contributed by atoms with Gasteiger partial charge in [0.2, 0.25) is 0 Å². The summed E-state index contributed by atoms with van der Waals surface area (Å²) < 4.78 is 12.2. The molecule has 166 valence electrons. The van der Waals surface area contributed by atoms with Crippen LogP contribution in [0.1, 0.15) is 30.9 Å². The normalized spacial score (nSPS) is 18.5. The maximum atomic E-state index is 13.1. The van der Waals surface area contributed by atoms with Crippen LogP contribution < -0.4 is 5.56 Å². The molecule has 0 atom stereocenters. The van der Waals surface area contributed by atoms with Gasteiger partial charge in [0.25, 0.3) is 5.56 Å². The molecule has 5 rings (SSSR count). The van der Waals surface area contributed by atoms with E-state index < -0.39 is 0 Å². The molecule has 3 aromatic rings. The van der Waals surface area contributed by atoms with E-state index in [1.54, 1.807) is 0 Å². The Hall–Kier alpha value is -2.49. The highest BCUT2D eigenvalue weighted by Crippen LogP contribution is 2.24. The van der Waals surface area contributed by atoms with Crippen LogP contribution in [-0.4, -0.2) is 75.5 Å². The Labute approximate surface area is 181 Å². The number of hydrogen-bond donors (Lipinski definition) is 1. The number of fused-ring (bicyclic) bond motifs is 2. The SMILES string of the molecule is Cc1cc(-c2cc3nc4c(c(=O)n3[nH]2)CCN(CC(C)(C)CN2CCOCC2)C4)no1. The fraction of sp³-hybridized carbons (Fsp3) is 0.591. The Balaban J connectivity index is 1.35. The number of rotatable bonds is 5. The van der Waals surface area contributed by atoms with E-state index in [0.29, 0.717) is 17.9 Å². The van der Waals surface area contributed by atoms with Crippen molar-refractivity contribution in [2.75, 3.05) is 45.9 Å². The average Bonchev–Trinajstić information content (AvgIpc) is 3.34. The van der Waals surface area contributed by atoms with Crippen LogP contribution >= 0.6 is 0 Å². The molecule has 0 saturated carbocycles. The summed E-state index contributed by atoms with van der Waals surface area (Å²) in [6.07, 6.45) is 0.717. The van der Waals surface area contributed by atoms with Gasteiger partial charge in [-0.1, -0.05) is 19.0 Å². The summed E-state index contributed by atoms with van der Waals surface area (Å²) in [6.45, 7) is 13.7. The van der Waals surface area contributed by atoms with Gasteiger partial charge in [0.05, 0.1) is 24.6 Å². The Bertz CT molecular complexity index is 1140. The minimum absolute atomic E-state index is 0.0151.